The van der Waals surface area contributed by atoms with Gasteiger partial charge in [-0.3, -0.25) is 0 Å². The lowest BCUT2D eigenvalue weighted by molar-refractivity contribution is 0.160. The van der Waals surface area contributed by atoms with Crippen LogP contribution in [0.1, 0.15) is 40.5 Å². The van der Waals surface area contributed by atoms with E-state index in [1.165, 1.54) is 19.4 Å². The molecule has 0 bridgehead atoms. The monoisotopic (exact) mass is 200 g/mol. The molecule has 1 N–H and O–H groups in total. The largest absolute Gasteiger partial charge is 0.316 e. The molecular weight excluding hydrogens is 172 g/mol. The van der Waals surface area contributed by atoms with Crippen LogP contribution in [0, 0.1) is 5.41 Å². The Balaban J connectivity index is 4.20. The van der Waals surface area contributed by atoms with E-state index >= 15 is 0 Å². The molecule has 14 heavy (non-hydrogen) atoms. The molecule has 0 aromatic heterocycles. The minimum absolute atomic E-state index is 0.473. The normalized spacial score (nSPS) is 12.4. The summed E-state index contributed by atoms with van der Waals surface area (Å²) in [5.41, 5.74) is 0.473. The van der Waals surface area contributed by atoms with E-state index in [4.69, 9.17) is 0 Å². The Morgan fingerprint density at radius 2 is 1.64 bits per heavy atom. The van der Waals surface area contributed by atoms with Gasteiger partial charge in [0.25, 0.3) is 0 Å². The summed E-state index contributed by atoms with van der Waals surface area (Å²) in [6, 6.07) is 0. The molecule has 0 heterocycles. The molecule has 0 amide bonds. The van der Waals surface area contributed by atoms with Crippen LogP contribution in [0.5, 0.6) is 0 Å². The van der Waals surface area contributed by atoms with Crippen LogP contribution in [0.3, 0.4) is 0 Å². The number of rotatable bonds is 8. The highest BCUT2D eigenvalue weighted by Gasteiger charge is 2.26. The van der Waals surface area contributed by atoms with Gasteiger partial charge in [0.2, 0.25) is 0 Å². The molecule has 0 spiro atoms. The van der Waals surface area contributed by atoms with Crippen molar-refractivity contribution in [1.29, 1.82) is 0 Å². The van der Waals surface area contributed by atoms with E-state index in [1.807, 2.05) is 0 Å². The van der Waals surface area contributed by atoms with Gasteiger partial charge in [-0.2, -0.15) is 0 Å². The summed E-state index contributed by atoms with van der Waals surface area (Å²) in [6.45, 7) is 13.6. The number of nitrogens with one attached hydrogen (secondary N) is 1. The van der Waals surface area contributed by atoms with Crippen molar-refractivity contribution in [3.8, 4) is 0 Å². The summed E-state index contributed by atoms with van der Waals surface area (Å²) in [5.74, 6) is 0. The van der Waals surface area contributed by atoms with Crippen molar-refractivity contribution in [2.75, 3.05) is 33.2 Å². The van der Waals surface area contributed by atoms with Crippen molar-refractivity contribution >= 4 is 0 Å². The highest BCUT2D eigenvalue weighted by Crippen LogP contribution is 2.26. The lowest BCUT2D eigenvalue weighted by Gasteiger charge is -2.35. The second-order valence-electron chi connectivity index (χ2n) is 4.32. The molecule has 86 valence electrons. The maximum absolute atomic E-state index is 3.49. The van der Waals surface area contributed by atoms with Gasteiger partial charge in [-0.05, 0) is 38.4 Å². The third-order valence-corrected chi connectivity index (χ3v) is 3.40. The summed E-state index contributed by atoms with van der Waals surface area (Å²) >= 11 is 0. The second kappa shape index (κ2) is 7.24. The van der Waals surface area contributed by atoms with E-state index in [1.54, 1.807) is 0 Å². The predicted octanol–water partition coefficient (Wildman–Crippen LogP) is 2.35. The molecule has 0 aliphatic heterocycles. The van der Waals surface area contributed by atoms with Crippen LogP contribution < -0.4 is 5.32 Å². The van der Waals surface area contributed by atoms with E-state index in [-0.39, 0.29) is 0 Å². The van der Waals surface area contributed by atoms with Gasteiger partial charge in [0, 0.05) is 13.1 Å². The van der Waals surface area contributed by atoms with Crippen LogP contribution in [0.4, 0.5) is 0 Å². The number of hydrogen-bond acceptors (Lipinski definition) is 2. The van der Waals surface area contributed by atoms with Gasteiger partial charge in [-0.25, -0.2) is 0 Å². The standard InChI is InChI=1S/C12H28N2/c1-6-12(7-2,10-13-8-3)11-14(5)9-4/h13H,6-11H2,1-5H3. The van der Waals surface area contributed by atoms with E-state index in [0.717, 1.165) is 19.6 Å². The van der Waals surface area contributed by atoms with Crippen molar-refractivity contribution in [2.24, 2.45) is 5.41 Å². The summed E-state index contributed by atoms with van der Waals surface area (Å²) in [6.07, 6.45) is 2.53. The van der Waals surface area contributed by atoms with Crippen LogP contribution in [0.2, 0.25) is 0 Å². The molecule has 0 atom stereocenters. The fourth-order valence-corrected chi connectivity index (χ4v) is 1.85. The average molecular weight is 200 g/mol. The maximum Gasteiger partial charge on any atom is 0.00468 e. The Hall–Kier alpha value is -0.0800. The average Bonchev–Trinajstić information content (AvgIpc) is 2.24. The zero-order valence-corrected chi connectivity index (χ0v) is 10.7. The molecule has 0 saturated heterocycles. The zero-order valence-electron chi connectivity index (χ0n) is 10.7. The molecule has 0 unspecified atom stereocenters. The van der Waals surface area contributed by atoms with E-state index < -0.39 is 0 Å². The van der Waals surface area contributed by atoms with E-state index in [2.05, 4.69) is 45.0 Å². The molecule has 2 heteroatoms. The maximum atomic E-state index is 3.49. The van der Waals surface area contributed by atoms with Crippen molar-refractivity contribution in [3.05, 3.63) is 0 Å². The molecule has 0 saturated carbocycles. The van der Waals surface area contributed by atoms with Crippen molar-refractivity contribution in [3.63, 3.8) is 0 Å². The molecule has 0 aliphatic carbocycles. The smallest absolute Gasteiger partial charge is 0.00468 e. The molecule has 0 aromatic carbocycles. The highest BCUT2D eigenvalue weighted by molar-refractivity contribution is 4.81. The fraction of sp³-hybridized carbons (Fsp3) is 1.00. The van der Waals surface area contributed by atoms with Crippen LogP contribution in [-0.2, 0) is 0 Å². The first kappa shape index (κ1) is 13.9. The van der Waals surface area contributed by atoms with Crippen LogP contribution >= 0.6 is 0 Å². The van der Waals surface area contributed by atoms with Crippen molar-refractivity contribution in [1.82, 2.24) is 10.2 Å². The first-order chi connectivity index (χ1) is 6.64. The molecule has 0 radical (unpaired) electrons. The topological polar surface area (TPSA) is 15.3 Å². The molecule has 0 aliphatic rings. The first-order valence-electron chi connectivity index (χ1n) is 6.03. The second-order valence-corrected chi connectivity index (χ2v) is 4.32. The van der Waals surface area contributed by atoms with Gasteiger partial charge < -0.3 is 10.2 Å². The highest BCUT2D eigenvalue weighted by atomic mass is 15.1. The Kier molecular flexibility index (Phi) is 7.20. The summed E-state index contributed by atoms with van der Waals surface area (Å²) in [4.78, 5) is 2.42. The minimum atomic E-state index is 0.473. The molecule has 0 fully saturated rings. The van der Waals surface area contributed by atoms with Crippen LogP contribution in [0.15, 0.2) is 0 Å². The van der Waals surface area contributed by atoms with Gasteiger partial charge in [-0.1, -0.05) is 27.7 Å². The van der Waals surface area contributed by atoms with Gasteiger partial charge in [0.1, 0.15) is 0 Å². The Bertz CT molecular complexity index is 130. The quantitative estimate of drug-likeness (QED) is 0.647. The third kappa shape index (κ3) is 4.43. The van der Waals surface area contributed by atoms with Gasteiger partial charge in [0.05, 0.1) is 0 Å². The Morgan fingerprint density at radius 3 is 2.00 bits per heavy atom. The van der Waals surface area contributed by atoms with Gasteiger partial charge >= 0.3 is 0 Å². The fourth-order valence-electron chi connectivity index (χ4n) is 1.85. The lowest BCUT2D eigenvalue weighted by atomic mass is 9.81. The van der Waals surface area contributed by atoms with Gasteiger partial charge in [-0.15, -0.1) is 0 Å². The van der Waals surface area contributed by atoms with Crippen LogP contribution in [-0.4, -0.2) is 38.1 Å². The molecule has 2 nitrogen and oxygen atoms in total. The van der Waals surface area contributed by atoms with Crippen molar-refractivity contribution in [2.45, 2.75) is 40.5 Å². The molecular formula is C12H28N2. The Morgan fingerprint density at radius 1 is 1.07 bits per heavy atom. The minimum Gasteiger partial charge on any atom is -0.316 e. The Labute approximate surface area is 90.1 Å². The zero-order chi connectivity index (χ0) is 11.0. The number of hydrogen-bond donors (Lipinski definition) is 1. The van der Waals surface area contributed by atoms with Crippen LogP contribution in [0.25, 0.3) is 0 Å². The molecule has 0 rings (SSSR count). The van der Waals surface area contributed by atoms with Crippen molar-refractivity contribution < 1.29 is 0 Å². The lowest BCUT2D eigenvalue weighted by Crippen LogP contribution is -2.42. The predicted molar refractivity (Wildman–Crippen MR) is 64.7 cm³/mol. The SMILES string of the molecule is CCNCC(CC)(CC)CN(C)CC. The summed E-state index contributed by atoms with van der Waals surface area (Å²) < 4.78 is 0. The third-order valence-electron chi connectivity index (χ3n) is 3.40. The summed E-state index contributed by atoms with van der Waals surface area (Å²) in [5, 5.41) is 3.49. The summed E-state index contributed by atoms with van der Waals surface area (Å²) in [7, 11) is 2.21. The molecule has 0 aromatic rings. The van der Waals surface area contributed by atoms with E-state index in [0.29, 0.717) is 5.41 Å². The number of nitrogens with zero attached hydrogens (tertiary/aromatic N) is 1. The first-order valence-corrected chi connectivity index (χ1v) is 6.03. The van der Waals surface area contributed by atoms with Gasteiger partial charge in [0.15, 0.2) is 0 Å². The van der Waals surface area contributed by atoms with E-state index in [9.17, 15) is 0 Å².